The minimum Gasteiger partial charge on any atom is -0.357 e. The number of sulfonamides is 1. The predicted molar refractivity (Wildman–Crippen MR) is 172 cm³/mol. The largest absolute Gasteiger partial charge is 0.357 e. The van der Waals surface area contributed by atoms with Crippen molar-refractivity contribution in [1.29, 1.82) is 0 Å². The molecule has 0 saturated carbocycles. The van der Waals surface area contributed by atoms with Crippen molar-refractivity contribution in [3.8, 4) is 0 Å². The van der Waals surface area contributed by atoms with Crippen LogP contribution in [0.15, 0.2) is 102 Å². The number of carbonyl (C=O) groups is 2. The van der Waals surface area contributed by atoms with Crippen molar-refractivity contribution in [3.63, 3.8) is 0 Å². The Morgan fingerprint density at radius 2 is 1.49 bits per heavy atom. The highest BCUT2D eigenvalue weighted by atomic mass is 35.5. The van der Waals surface area contributed by atoms with Gasteiger partial charge in [-0.3, -0.25) is 13.9 Å². The van der Waals surface area contributed by atoms with E-state index in [2.05, 4.69) is 5.32 Å². The molecular weight excluding hydrogens is 582 g/mol. The smallest absolute Gasteiger partial charge is 0.264 e. The third-order valence-corrected chi connectivity index (χ3v) is 9.65. The normalized spacial score (nSPS) is 11.9. The number of aryl methyl sites for hydroxylation is 3. The molecule has 4 aromatic carbocycles. The summed E-state index contributed by atoms with van der Waals surface area (Å²) in [5.41, 5.74) is 4.59. The fourth-order valence-corrected chi connectivity index (χ4v) is 6.38. The van der Waals surface area contributed by atoms with E-state index in [4.69, 9.17) is 11.6 Å². The molecular formula is C34H36ClN3O4S. The summed E-state index contributed by atoms with van der Waals surface area (Å²) in [6.07, 6.45) is 0.249. The standard InChI is InChI=1S/C34H36ClN3O4S/c1-24-14-18-30(19-15-24)43(41,42)38(29-17-16-26(3)31(35)21-29)23-33(39)37(22-28-13-9-8-10-25(28)2)32(34(40)36-4)20-27-11-6-5-7-12-27/h5-19,21,32H,20,22-23H2,1-4H3,(H,36,40). The van der Waals surface area contributed by atoms with E-state index in [1.807, 2.05) is 75.4 Å². The molecule has 0 radical (unpaired) electrons. The van der Waals surface area contributed by atoms with Crippen LogP contribution in [0.2, 0.25) is 5.02 Å². The SMILES string of the molecule is CNC(=O)C(Cc1ccccc1)N(Cc1ccccc1C)C(=O)CN(c1ccc(C)c(Cl)c1)S(=O)(=O)c1ccc(C)cc1. The number of hydrogen-bond acceptors (Lipinski definition) is 4. The van der Waals surface area contributed by atoms with Crippen LogP contribution in [0.3, 0.4) is 0 Å². The maximum Gasteiger partial charge on any atom is 0.264 e. The van der Waals surface area contributed by atoms with Crippen molar-refractivity contribution in [2.75, 3.05) is 17.9 Å². The number of rotatable bonds is 11. The van der Waals surface area contributed by atoms with E-state index in [1.165, 1.54) is 24.1 Å². The second kappa shape index (κ2) is 13.9. The average Bonchev–Trinajstić information content (AvgIpc) is 3.00. The summed E-state index contributed by atoms with van der Waals surface area (Å²) >= 11 is 6.43. The van der Waals surface area contributed by atoms with Gasteiger partial charge in [0.15, 0.2) is 0 Å². The highest BCUT2D eigenvalue weighted by molar-refractivity contribution is 7.92. The highest BCUT2D eigenvalue weighted by Gasteiger charge is 2.34. The molecule has 2 amide bonds. The third kappa shape index (κ3) is 7.63. The van der Waals surface area contributed by atoms with Crippen LogP contribution in [0.4, 0.5) is 5.69 Å². The molecule has 1 N–H and O–H groups in total. The lowest BCUT2D eigenvalue weighted by molar-refractivity contribution is -0.139. The van der Waals surface area contributed by atoms with Gasteiger partial charge in [0.25, 0.3) is 10.0 Å². The van der Waals surface area contributed by atoms with E-state index in [0.717, 1.165) is 32.1 Å². The maximum atomic E-state index is 14.4. The molecule has 0 aromatic heterocycles. The summed E-state index contributed by atoms with van der Waals surface area (Å²) < 4.78 is 29.3. The van der Waals surface area contributed by atoms with Crippen LogP contribution in [-0.2, 0) is 32.6 Å². The molecule has 0 saturated heterocycles. The van der Waals surface area contributed by atoms with Crippen LogP contribution in [0.1, 0.15) is 27.8 Å². The Kier molecular flexibility index (Phi) is 10.3. The van der Waals surface area contributed by atoms with Gasteiger partial charge < -0.3 is 10.2 Å². The summed E-state index contributed by atoms with van der Waals surface area (Å²) in [6.45, 7) is 5.20. The van der Waals surface area contributed by atoms with Crippen molar-refractivity contribution in [2.24, 2.45) is 0 Å². The van der Waals surface area contributed by atoms with Crippen LogP contribution >= 0.6 is 11.6 Å². The molecule has 0 spiro atoms. The molecule has 7 nitrogen and oxygen atoms in total. The zero-order valence-electron chi connectivity index (χ0n) is 24.7. The number of carbonyl (C=O) groups excluding carboxylic acids is 2. The summed E-state index contributed by atoms with van der Waals surface area (Å²) in [5, 5.41) is 3.07. The average molecular weight is 618 g/mol. The van der Waals surface area contributed by atoms with Gasteiger partial charge in [0.05, 0.1) is 10.6 Å². The summed E-state index contributed by atoms with van der Waals surface area (Å²) in [4.78, 5) is 29.3. The van der Waals surface area contributed by atoms with Crippen molar-refractivity contribution >= 4 is 39.1 Å². The fourth-order valence-electron chi connectivity index (χ4n) is 4.79. The van der Waals surface area contributed by atoms with E-state index >= 15 is 0 Å². The van der Waals surface area contributed by atoms with Gasteiger partial charge in [0.2, 0.25) is 11.8 Å². The van der Waals surface area contributed by atoms with Crippen molar-refractivity contribution in [1.82, 2.24) is 10.2 Å². The molecule has 224 valence electrons. The van der Waals surface area contributed by atoms with Gasteiger partial charge in [-0.2, -0.15) is 0 Å². The molecule has 0 heterocycles. The van der Waals surface area contributed by atoms with E-state index in [0.29, 0.717) is 5.02 Å². The molecule has 0 aliphatic rings. The Morgan fingerprint density at radius 1 is 0.837 bits per heavy atom. The maximum absolute atomic E-state index is 14.4. The van der Waals surface area contributed by atoms with Crippen LogP contribution in [-0.4, -0.2) is 44.8 Å². The number of benzene rings is 4. The summed E-state index contributed by atoms with van der Waals surface area (Å²) in [7, 11) is -2.67. The monoisotopic (exact) mass is 617 g/mol. The number of hydrogen-bond donors (Lipinski definition) is 1. The zero-order chi connectivity index (χ0) is 31.1. The number of halogens is 1. The number of likely N-dealkylation sites (N-methyl/N-ethyl adjacent to an activating group) is 1. The van der Waals surface area contributed by atoms with Gasteiger partial charge in [0, 0.05) is 25.0 Å². The van der Waals surface area contributed by atoms with Crippen LogP contribution < -0.4 is 9.62 Å². The molecule has 0 aliphatic carbocycles. The molecule has 0 aliphatic heterocycles. The van der Waals surface area contributed by atoms with Crippen LogP contribution in [0.25, 0.3) is 0 Å². The van der Waals surface area contributed by atoms with E-state index in [9.17, 15) is 18.0 Å². The van der Waals surface area contributed by atoms with Crippen LogP contribution in [0.5, 0.6) is 0 Å². The Hall–Kier alpha value is -4.14. The van der Waals surface area contributed by atoms with Gasteiger partial charge in [-0.1, -0.05) is 90.0 Å². The van der Waals surface area contributed by atoms with Gasteiger partial charge in [-0.15, -0.1) is 0 Å². The Balaban J connectivity index is 1.81. The lowest BCUT2D eigenvalue weighted by Crippen LogP contribution is -2.53. The number of nitrogens with one attached hydrogen (secondary N) is 1. The first-order valence-corrected chi connectivity index (χ1v) is 15.8. The molecule has 4 aromatic rings. The number of anilines is 1. The first-order chi connectivity index (χ1) is 20.5. The quantitative estimate of drug-likeness (QED) is 0.229. The fraction of sp³-hybridized carbons (Fsp3) is 0.235. The first-order valence-electron chi connectivity index (χ1n) is 14.0. The van der Waals surface area contributed by atoms with Crippen molar-refractivity contribution in [2.45, 2.75) is 44.7 Å². The lowest BCUT2D eigenvalue weighted by Gasteiger charge is -2.34. The molecule has 1 unspecified atom stereocenters. The minimum absolute atomic E-state index is 0.0418. The molecule has 9 heteroatoms. The third-order valence-electron chi connectivity index (χ3n) is 7.45. The molecule has 4 rings (SSSR count). The van der Waals surface area contributed by atoms with E-state index < -0.39 is 28.5 Å². The van der Waals surface area contributed by atoms with Gasteiger partial charge in [0.1, 0.15) is 12.6 Å². The Labute approximate surface area is 259 Å². The van der Waals surface area contributed by atoms with E-state index in [1.54, 1.807) is 30.3 Å². The molecule has 0 bridgehead atoms. The predicted octanol–water partition coefficient (Wildman–Crippen LogP) is 5.85. The van der Waals surface area contributed by atoms with Crippen molar-refractivity contribution < 1.29 is 18.0 Å². The number of nitrogens with zero attached hydrogens (tertiary/aromatic N) is 2. The minimum atomic E-state index is -4.19. The van der Waals surface area contributed by atoms with Crippen LogP contribution in [0, 0.1) is 20.8 Å². The molecule has 1 atom stereocenters. The topological polar surface area (TPSA) is 86.8 Å². The van der Waals surface area contributed by atoms with E-state index in [-0.39, 0.29) is 29.5 Å². The van der Waals surface area contributed by atoms with Gasteiger partial charge in [-0.25, -0.2) is 8.42 Å². The second-order valence-electron chi connectivity index (χ2n) is 10.5. The number of amides is 2. The lowest BCUT2D eigenvalue weighted by atomic mass is 10.0. The molecule has 0 fully saturated rings. The first kappa shape index (κ1) is 31.8. The molecule has 43 heavy (non-hydrogen) atoms. The Morgan fingerprint density at radius 3 is 2.12 bits per heavy atom. The van der Waals surface area contributed by atoms with Crippen molar-refractivity contribution in [3.05, 3.63) is 130 Å². The second-order valence-corrected chi connectivity index (χ2v) is 12.8. The summed E-state index contributed by atoms with van der Waals surface area (Å²) in [6, 6.07) is 27.5. The summed E-state index contributed by atoms with van der Waals surface area (Å²) in [5.74, 6) is -0.878. The Bertz CT molecular complexity index is 1690. The van der Waals surface area contributed by atoms with Gasteiger partial charge >= 0.3 is 0 Å². The highest BCUT2D eigenvalue weighted by Crippen LogP contribution is 2.29. The zero-order valence-corrected chi connectivity index (χ0v) is 26.3. The van der Waals surface area contributed by atoms with Gasteiger partial charge in [-0.05, 0) is 67.3 Å².